The van der Waals surface area contributed by atoms with Gasteiger partial charge in [0.25, 0.3) is 0 Å². The Labute approximate surface area is 36.6 Å². The second-order valence-corrected chi connectivity index (χ2v) is 1.16. The van der Waals surface area contributed by atoms with E-state index in [2.05, 4.69) is 6.07 Å². The first-order chi connectivity index (χ1) is 2.89. The highest BCUT2D eigenvalue weighted by Gasteiger charge is 1.76. The third-order valence-electron chi connectivity index (χ3n) is 0.599. The molecule has 1 heterocycles. The average molecular weight is 81.1 g/mol. The summed E-state index contributed by atoms with van der Waals surface area (Å²) in [7, 11) is 0. The summed E-state index contributed by atoms with van der Waals surface area (Å²) in [5.41, 5.74) is 0. The summed E-state index contributed by atoms with van der Waals surface area (Å²) in [6, 6.07) is 4.55. The number of furan rings is 1. The van der Waals surface area contributed by atoms with E-state index < -0.39 is 0 Å². The minimum absolute atomic E-state index is 0.912. The van der Waals surface area contributed by atoms with E-state index in [0.29, 0.717) is 0 Å². The van der Waals surface area contributed by atoms with Crippen LogP contribution in [0.5, 0.6) is 0 Å². The van der Waals surface area contributed by atoms with Gasteiger partial charge in [0.1, 0.15) is 5.76 Å². The van der Waals surface area contributed by atoms with Crippen molar-refractivity contribution in [2.45, 2.75) is 6.92 Å². The highest BCUT2D eigenvalue weighted by molar-refractivity contribution is 4.91. The quantitative estimate of drug-likeness (QED) is 0.460. The zero-order chi connectivity index (χ0) is 4.41. The van der Waals surface area contributed by atoms with Crippen LogP contribution >= 0.6 is 0 Å². The number of hydrogen-bond donors (Lipinski definition) is 0. The van der Waals surface area contributed by atoms with Gasteiger partial charge in [0.05, 0.1) is 6.26 Å². The molecule has 0 unspecified atom stereocenters. The molecule has 1 aromatic heterocycles. The van der Waals surface area contributed by atoms with Gasteiger partial charge in [-0.25, -0.2) is 0 Å². The molecule has 0 spiro atoms. The molecule has 0 fully saturated rings. The van der Waals surface area contributed by atoms with Gasteiger partial charge in [-0.3, -0.25) is 0 Å². The van der Waals surface area contributed by atoms with Gasteiger partial charge in [-0.05, 0) is 13.0 Å². The summed E-state index contributed by atoms with van der Waals surface area (Å²) in [6.07, 6.45) is 1.54. The molecule has 0 aliphatic heterocycles. The topological polar surface area (TPSA) is 13.1 Å². The van der Waals surface area contributed by atoms with Crippen LogP contribution < -0.4 is 0 Å². The van der Waals surface area contributed by atoms with Gasteiger partial charge < -0.3 is 4.42 Å². The monoisotopic (exact) mass is 81.0 g/mol. The van der Waals surface area contributed by atoms with Gasteiger partial charge in [-0.15, -0.1) is 0 Å². The van der Waals surface area contributed by atoms with E-state index >= 15 is 0 Å². The first-order valence-corrected chi connectivity index (χ1v) is 1.81. The van der Waals surface area contributed by atoms with E-state index in [-0.39, 0.29) is 0 Å². The maximum atomic E-state index is 4.78. The maximum Gasteiger partial charge on any atom is 0.101 e. The molecule has 1 nitrogen and oxygen atoms in total. The molecule has 0 aliphatic rings. The Hall–Kier alpha value is -0.720. The smallest absolute Gasteiger partial charge is 0.101 e. The summed E-state index contributed by atoms with van der Waals surface area (Å²) in [5.74, 6) is 0.912. The summed E-state index contributed by atoms with van der Waals surface area (Å²) < 4.78 is 4.78. The lowest BCUT2D eigenvalue weighted by atomic mass is 10.5. The Morgan fingerprint density at radius 3 is 2.83 bits per heavy atom. The largest absolute Gasteiger partial charge is 0.469 e. The SMILES string of the molecule is Cc1c[c]co1. The summed E-state index contributed by atoms with van der Waals surface area (Å²) in [6.45, 7) is 1.89. The fourth-order valence-corrected chi connectivity index (χ4v) is 0.312. The molecular formula is C5H5O. The minimum Gasteiger partial charge on any atom is -0.469 e. The lowest BCUT2D eigenvalue weighted by Crippen LogP contribution is -1.48. The van der Waals surface area contributed by atoms with Crippen LogP contribution in [0.1, 0.15) is 5.76 Å². The van der Waals surface area contributed by atoms with Crippen LogP contribution in [-0.2, 0) is 0 Å². The first-order valence-electron chi connectivity index (χ1n) is 1.81. The van der Waals surface area contributed by atoms with Gasteiger partial charge in [-0.1, -0.05) is 0 Å². The standard InChI is InChI=1S/C5H5O/c1-5-3-2-4-6-5/h3-4H,1H3. The third-order valence-corrected chi connectivity index (χ3v) is 0.599. The minimum atomic E-state index is 0.912. The van der Waals surface area contributed by atoms with Crippen molar-refractivity contribution in [1.82, 2.24) is 0 Å². The van der Waals surface area contributed by atoms with Gasteiger partial charge in [-0.2, -0.15) is 0 Å². The van der Waals surface area contributed by atoms with Crippen LogP contribution in [0.15, 0.2) is 16.7 Å². The molecule has 1 heteroatoms. The summed E-state index contributed by atoms with van der Waals surface area (Å²) >= 11 is 0. The van der Waals surface area contributed by atoms with Crippen molar-refractivity contribution in [2.75, 3.05) is 0 Å². The molecular weight excluding hydrogens is 76.1 g/mol. The molecule has 6 heavy (non-hydrogen) atoms. The van der Waals surface area contributed by atoms with Crippen molar-refractivity contribution in [3.8, 4) is 0 Å². The molecule has 0 N–H and O–H groups in total. The van der Waals surface area contributed by atoms with Crippen molar-refractivity contribution in [3.05, 3.63) is 24.2 Å². The predicted octanol–water partition coefficient (Wildman–Crippen LogP) is 1.39. The van der Waals surface area contributed by atoms with E-state index in [1.807, 2.05) is 6.92 Å². The van der Waals surface area contributed by atoms with Gasteiger partial charge in [0.2, 0.25) is 0 Å². The fourth-order valence-electron chi connectivity index (χ4n) is 0.312. The van der Waals surface area contributed by atoms with Crippen molar-refractivity contribution >= 4 is 0 Å². The molecule has 1 rings (SSSR count). The zero-order valence-corrected chi connectivity index (χ0v) is 3.56. The average Bonchev–Trinajstić information content (AvgIpc) is 1.86. The maximum absolute atomic E-state index is 4.78. The molecule has 31 valence electrons. The number of hydrogen-bond acceptors (Lipinski definition) is 1. The third kappa shape index (κ3) is 0.432. The zero-order valence-electron chi connectivity index (χ0n) is 3.56. The van der Waals surface area contributed by atoms with Crippen molar-refractivity contribution < 1.29 is 4.42 Å². The second-order valence-electron chi connectivity index (χ2n) is 1.16. The van der Waals surface area contributed by atoms with Crippen LogP contribution in [0.3, 0.4) is 0 Å². The summed E-state index contributed by atoms with van der Waals surface area (Å²) in [4.78, 5) is 0. The molecule has 1 aromatic rings. The Morgan fingerprint density at radius 2 is 2.67 bits per heavy atom. The van der Waals surface area contributed by atoms with E-state index in [9.17, 15) is 0 Å². The number of rotatable bonds is 0. The second kappa shape index (κ2) is 1.17. The molecule has 0 aromatic carbocycles. The van der Waals surface area contributed by atoms with Gasteiger partial charge >= 0.3 is 0 Å². The van der Waals surface area contributed by atoms with E-state index in [1.165, 1.54) is 6.26 Å². The number of aryl methyl sites for hydroxylation is 1. The Bertz CT molecular complexity index is 107. The molecule has 0 aliphatic carbocycles. The van der Waals surface area contributed by atoms with Crippen LogP contribution in [0.4, 0.5) is 0 Å². The molecule has 0 amide bonds. The van der Waals surface area contributed by atoms with Gasteiger partial charge in [0, 0.05) is 6.07 Å². The van der Waals surface area contributed by atoms with Crippen LogP contribution in [0.25, 0.3) is 0 Å². The Balaban J connectivity index is 3.05. The van der Waals surface area contributed by atoms with E-state index in [1.54, 1.807) is 6.07 Å². The van der Waals surface area contributed by atoms with Crippen molar-refractivity contribution in [2.24, 2.45) is 0 Å². The Kier molecular flexibility index (Phi) is 0.675. The van der Waals surface area contributed by atoms with E-state index in [4.69, 9.17) is 4.42 Å². The predicted molar refractivity (Wildman–Crippen MR) is 22.3 cm³/mol. The lowest BCUT2D eigenvalue weighted by molar-refractivity contribution is 0.534. The van der Waals surface area contributed by atoms with Crippen LogP contribution in [0, 0.1) is 13.0 Å². The van der Waals surface area contributed by atoms with Crippen LogP contribution in [0.2, 0.25) is 0 Å². The van der Waals surface area contributed by atoms with Crippen molar-refractivity contribution in [1.29, 1.82) is 0 Å². The van der Waals surface area contributed by atoms with Crippen LogP contribution in [-0.4, -0.2) is 0 Å². The van der Waals surface area contributed by atoms with Gasteiger partial charge in [0.15, 0.2) is 0 Å². The van der Waals surface area contributed by atoms with E-state index in [0.717, 1.165) is 5.76 Å². The highest BCUT2D eigenvalue weighted by Crippen LogP contribution is 1.92. The Morgan fingerprint density at radius 1 is 1.83 bits per heavy atom. The molecule has 0 saturated carbocycles. The fraction of sp³-hybridized carbons (Fsp3) is 0.200. The molecule has 1 radical (unpaired) electrons. The lowest BCUT2D eigenvalue weighted by Gasteiger charge is -1.68. The van der Waals surface area contributed by atoms with Crippen molar-refractivity contribution in [3.63, 3.8) is 0 Å². The molecule has 0 bridgehead atoms. The first kappa shape index (κ1) is 3.47. The molecule has 0 atom stereocenters. The normalized spacial score (nSPS) is 8.83. The summed E-state index contributed by atoms with van der Waals surface area (Å²) in [5, 5.41) is 0. The molecule has 0 saturated heterocycles. The highest BCUT2D eigenvalue weighted by atomic mass is 16.3.